The predicted octanol–water partition coefficient (Wildman–Crippen LogP) is 6.46. The van der Waals surface area contributed by atoms with Gasteiger partial charge in [0.25, 0.3) is 5.91 Å². The maximum absolute atomic E-state index is 12.6. The molecule has 0 unspecified atom stereocenters. The van der Waals surface area contributed by atoms with E-state index in [4.69, 9.17) is 23.2 Å². The lowest BCUT2D eigenvalue weighted by atomic mass is 10.0. The smallest absolute Gasteiger partial charge is 0.257 e. The van der Waals surface area contributed by atoms with Crippen molar-refractivity contribution in [1.29, 1.82) is 0 Å². The van der Waals surface area contributed by atoms with E-state index >= 15 is 0 Å². The third kappa shape index (κ3) is 5.71. The first-order valence-corrected chi connectivity index (χ1v) is 12.4. The molecule has 0 radical (unpaired) electrons. The molecule has 4 rings (SSSR count). The minimum atomic E-state index is -0.637. The highest BCUT2D eigenvalue weighted by atomic mass is 35.5. The topological polar surface area (TPSA) is 89.0 Å². The van der Waals surface area contributed by atoms with Gasteiger partial charge in [0.05, 0.1) is 0 Å². The maximum Gasteiger partial charge on any atom is 0.257 e. The van der Waals surface area contributed by atoms with E-state index in [0.717, 1.165) is 5.56 Å². The summed E-state index contributed by atoms with van der Waals surface area (Å²) >= 11 is 15.0. The Morgan fingerprint density at radius 1 is 0.765 bits per heavy atom. The van der Waals surface area contributed by atoms with Crippen molar-refractivity contribution in [2.24, 2.45) is 0 Å². The van der Waals surface area contributed by atoms with Crippen molar-refractivity contribution in [1.82, 2.24) is 10.2 Å². The van der Waals surface area contributed by atoms with E-state index in [2.05, 4.69) is 15.5 Å². The number of rotatable bonds is 8. The summed E-state index contributed by atoms with van der Waals surface area (Å²) in [6.07, 6.45) is 0. The molecule has 170 valence electrons. The number of thioether (sulfide) groups is 1. The van der Waals surface area contributed by atoms with E-state index in [0.29, 0.717) is 36.4 Å². The third-order valence-electron chi connectivity index (χ3n) is 4.68. The Balaban J connectivity index is 1.36. The van der Waals surface area contributed by atoms with Gasteiger partial charge in [-0.1, -0.05) is 94.8 Å². The number of nitrogens with zero attached hydrogens (tertiary/aromatic N) is 2. The predicted molar refractivity (Wildman–Crippen MR) is 135 cm³/mol. The average Bonchev–Trinajstić information content (AvgIpc) is 3.30. The van der Waals surface area contributed by atoms with Gasteiger partial charge in [-0.2, -0.15) is 0 Å². The average molecular weight is 528 g/mol. The Kier molecular flexibility index (Phi) is 7.74. The third-order valence-corrected chi connectivity index (χ3v) is 7.39. The molecule has 1 amide bonds. The van der Waals surface area contributed by atoms with Crippen LogP contribution in [0.4, 0.5) is 5.13 Å². The minimum Gasteiger partial charge on any atom is -0.296 e. The van der Waals surface area contributed by atoms with Crippen LogP contribution in [0.2, 0.25) is 10.0 Å². The first-order valence-electron chi connectivity index (χ1n) is 9.87. The van der Waals surface area contributed by atoms with E-state index in [1.54, 1.807) is 48.5 Å². The van der Waals surface area contributed by atoms with Crippen molar-refractivity contribution in [2.45, 2.75) is 10.1 Å². The van der Waals surface area contributed by atoms with Crippen LogP contribution < -0.4 is 5.32 Å². The normalized spacial score (nSPS) is 10.6. The van der Waals surface area contributed by atoms with Gasteiger partial charge in [-0.05, 0) is 29.8 Å². The van der Waals surface area contributed by atoms with E-state index < -0.39 is 17.5 Å². The summed E-state index contributed by atoms with van der Waals surface area (Å²) in [5, 5.41) is 12.2. The van der Waals surface area contributed by atoms with Gasteiger partial charge < -0.3 is 0 Å². The van der Waals surface area contributed by atoms with E-state index in [9.17, 15) is 14.4 Å². The fraction of sp³-hybridized carbons (Fsp3) is 0.0417. The SMILES string of the molecule is O=C(Nc1nnc(SCc2c(Cl)cccc2Cl)s1)c1ccc(C(=O)C(=O)c2ccccc2)cc1. The zero-order valence-corrected chi connectivity index (χ0v) is 20.5. The minimum absolute atomic E-state index is 0.207. The molecule has 0 aliphatic heterocycles. The number of amides is 1. The van der Waals surface area contributed by atoms with E-state index in [1.165, 1.54) is 47.4 Å². The summed E-state index contributed by atoms with van der Waals surface area (Å²) in [6, 6.07) is 19.5. The van der Waals surface area contributed by atoms with Gasteiger partial charge in [-0.3, -0.25) is 19.7 Å². The summed E-state index contributed by atoms with van der Waals surface area (Å²) in [6.45, 7) is 0. The quantitative estimate of drug-likeness (QED) is 0.122. The molecule has 0 atom stereocenters. The Hall–Kier alpha value is -3.04. The number of anilines is 1. The van der Waals surface area contributed by atoms with Gasteiger partial charge in [0.2, 0.25) is 16.7 Å². The summed E-state index contributed by atoms with van der Waals surface area (Å²) in [4.78, 5) is 37.3. The van der Waals surface area contributed by atoms with Crippen LogP contribution in [0.15, 0.2) is 77.1 Å². The van der Waals surface area contributed by atoms with Gasteiger partial charge in [0, 0.05) is 32.5 Å². The van der Waals surface area contributed by atoms with Crippen LogP contribution >= 0.6 is 46.3 Å². The molecular weight excluding hydrogens is 513 g/mol. The Labute approximate surface area is 213 Å². The second kappa shape index (κ2) is 10.9. The fourth-order valence-electron chi connectivity index (χ4n) is 2.92. The van der Waals surface area contributed by atoms with E-state index in [1.807, 2.05) is 0 Å². The Morgan fingerprint density at radius 3 is 2.00 bits per heavy atom. The molecule has 0 saturated carbocycles. The van der Waals surface area contributed by atoms with Crippen LogP contribution in [-0.2, 0) is 5.75 Å². The summed E-state index contributed by atoms with van der Waals surface area (Å²) < 4.78 is 0.645. The highest BCUT2D eigenvalue weighted by Gasteiger charge is 2.19. The van der Waals surface area contributed by atoms with Crippen LogP contribution in [-0.4, -0.2) is 27.7 Å². The molecule has 10 heteroatoms. The first-order chi connectivity index (χ1) is 16.4. The number of nitrogens with one attached hydrogen (secondary N) is 1. The number of halogens is 2. The van der Waals surface area contributed by atoms with Crippen molar-refractivity contribution in [3.8, 4) is 0 Å². The zero-order valence-electron chi connectivity index (χ0n) is 17.3. The lowest BCUT2D eigenvalue weighted by Crippen LogP contribution is -2.15. The number of benzene rings is 3. The number of hydrogen-bond donors (Lipinski definition) is 1. The van der Waals surface area contributed by atoms with Gasteiger partial charge in [-0.25, -0.2) is 0 Å². The van der Waals surface area contributed by atoms with Gasteiger partial charge in [-0.15, -0.1) is 10.2 Å². The molecule has 1 N–H and O–H groups in total. The van der Waals surface area contributed by atoms with Crippen molar-refractivity contribution >= 4 is 68.9 Å². The molecule has 34 heavy (non-hydrogen) atoms. The number of aromatic nitrogens is 2. The lowest BCUT2D eigenvalue weighted by molar-refractivity contribution is 0.0817. The Bertz CT molecular complexity index is 1340. The first kappa shape index (κ1) is 24.1. The van der Waals surface area contributed by atoms with Gasteiger partial charge in [0.15, 0.2) is 4.34 Å². The molecule has 0 spiro atoms. The van der Waals surface area contributed by atoms with Crippen molar-refractivity contribution in [3.63, 3.8) is 0 Å². The molecule has 4 aromatic rings. The van der Waals surface area contributed by atoms with Crippen LogP contribution in [0.1, 0.15) is 36.6 Å². The second-order valence-electron chi connectivity index (χ2n) is 6.92. The largest absolute Gasteiger partial charge is 0.296 e. The molecule has 0 fully saturated rings. The van der Waals surface area contributed by atoms with E-state index in [-0.39, 0.29) is 5.56 Å². The van der Waals surface area contributed by atoms with Gasteiger partial charge >= 0.3 is 0 Å². The molecule has 3 aromatic carbocycles. The molecule has 0 aliphatic rings. The van der Waals surface area contributed by atoms with Crippen LogP contribution in [0.25, 0.3) is 0 Å². The standard InChI is InChI=1S/C24H15Cl2N3O3S2/c25-18-7-4-8-19(26)17(18)13-33-24-29-28-23(34-24)27-22(32)16-11-9-15(10-12-16)21(31)20(30)14-5-2-1-3-6-14/h1-12H,13H2,(H,27,28,32). The van der Waals surface area contributed by atoms with Crippen molar-refractivity contribution < 1.29 is 14.4 Å². The number of hydrogen-bond acceptors (Lipinski definition) is 7. The van der Waals surface area contributed by atoms with Crippen molar-refractivity contribution in [2.75, 3.05) is 5.32 Å². The molecule has 1 aromatic heterocycles. The molecule has 0 bridgehead atoms. The van der Waals surface area contributed by atoms with Crippen LogP contribution in [0, 0.1) is 0 Å². The summed E-state index contributed by atoms with van der Waals surface area (Å²) in [7, 11) is 0. The maximum atomic E-state index is 12.6. The highest BCUT2D eigenvalue weighted by Crippen LogP contribution is 2.33. The fourth-order valence-corrected chi connectivity index (χ4v) is 5.41. The summed E-state index contributed by atoms with van der Waals surface area (Å²) in [5.74, 6) is -1.13. The molecule has 1 heterocycles. The summed E-state index contributed by atoms with van der Waals surface area (Å²) in [5.41, 5.74) is 1.64. The molecule has 0 aliphatic carbocycles. The molecule has 6 nitrogen and oxygen atoms in total. The number of Topliss-reactive ketones (excluding diaryl/α,β-unsaturated/α-hetero) is 2. The van der Waals surface area contributed by atoms with Gasteiger partial charge in [0.1, 0.15) is 0 Å². The Morgan fingerprint density at radius 2 is 1.35 bits per heavy atom. The number of carbonyl (C=O) groups excluding carboxylic acids is 3. The zero-order chi connectivity index (χ0) is 24.1. The second-order valence-corrected chi connectivity index (χ2v) is 9.93. The lowest BCUT2D eigenvalue weighted by Gasteiger charge is -2.04. The molecular formula is C24H15Cl2N3O3S2. The molecule has 0 saturated heterocycles. The number of carbonyl (C=O) groups is 3. The van der Waals surface area contributed by atoms with Crippen LogP contribution in [0.3, 0.4) is 0 Å². The highest BCUT2D eigenvalue weighted by molar-refractivity contribution is 8.00. The number of ketones is 2. The van der Waals surface area contributed by atoms with Crippen LogP contribution in [0.5, 0.6) is 0 Å². The van der Waals surface area contributed by atoms with Crippen molar-refractivity contribution in [3.05, 3.63) is 105 Å². The monoisotopic (exact) mass is 527 g/mol.